The van der Waals surface area contributed by atoms with Gasteiger partial charge in [0.15, 0.2) is 17.9 Å². The number of rotatable bonds is 5. The molecule has 0 spiro atoms. The molecule has 0 atom stereocenters. The highest BCUT2D eigenvalue weighted by atomic mass is 19.2. The molecule has 2 aromatic carbocycles. The van der Waals surface area contributed by atoms with E-state index in [4.69, 9.17) is 9.47 Å². The first-order valence-electron chi connectivity index (χ1n) is 7.50. The van der Waals surface area contributed by atoms with Crippen molar-refractivity contribution >= 4 is 0 Å². The minimum Gasteiger partial charge on any atom is -0.350 e. The molecule has 0 N–H and O–H groups in total. The van der Waals surface area contributed by atoms with Crippen molar-refractivity contribution in [3.8, 4) is 11.1 Å². The Kier molecular flexibility index (Phi) is 4.80. The fraction of sp³-hybridized carbons (Fsp3) is 0.333. The van der Waals surface area contributed by atoms with Gasteiger partial charge < -0.3 is 9.47 Å². The number of ether oxygens (including phenoxy) is 2. The van der Waals surface area contributed by atoms with Gasteiger partial charge in [-0.15, -0.1) is 0 Å². The van der Waals surface area contributed by atoms with Crippen LogP contribution in [0.5, 0.6) is 0 Å². The Morgan fingerprint density at radius 3 is 2.41 bits per heavy atom. The molecule has 0 amide bonds. The van der Waals surface area contributed by atoms with E-state index >= 15 is 0 Å². The second kappa shape index (κ2) is 6.99. The summed E-state index contributed by atoms with van der Waals surface area (Å²) in [6.07, 6.45) is 2.69. The second-order valence-corrected chi connectivity index (χ2v) is 5.36. The third kappa shape index (κ3) is 3.51. The normalized spacial score (nSPS) is 15.4. The lowest BCUT2D eigenvalue weighted by molar-refractivity contribution is -0.0475. The van der Waals surface area contributed by atoms with E-state index in [1.807, 2.05) is 24.3 Å². The molecule has 0 aliphatic carbocycles. The van der Waals surface area contributed by atoms with Crippen LogP contribution in [0.2, 0.25) is 0 Å². The summed E-state index contributed by atoms with van der Waals surface area (Å²) < 4.78 is 37.8. The van der Waals surface area contributed by atoms with Crippen molar-refractivity contribution in [2.75, 3.05) is 13.2 Å². The molecule has 22 heavy (non-hydrogen) atoms. The van der Waals surface area contributed by atoms with Gasteiger partial charge in [-0.25, -0.2) is 8.78 Å². The van der Waals surface area contributed by atoms with Crippen LogP contribution in [-0.4, -0.2) is 19.5 Å². The summed E-state index contributed by atoms with van der Waals surface area (Å²) in [5.74, 6) is -1.62. The highest BCUT2D eigenvalue weighted by Crippen LogP contribution is 2.25. The topological polar surface area (TPSA) is 18.5 Å². The quantitative estimate of drug-likeness (QED) is 0.818. The summed E-state index contributed by atoms with van der Waals surface area (Å²) in [4.78, 5) is 0. The lowest BCUT2D eigenvalue weighted by Crippen LogP contribution is -2.07. The van der Waals surface area contributed by atoms with Crippen molar-refractivity contribution < 1.29 is 18.3 Å². The Morgan fingerprint density at radius 2 is 1.68 bits per heavy atom. The highest BCUT2D eigenvalue weighted by molar-refractivity contribution is 5.64. The highest BCUT2D eigenvalue weighted by Gasteiger charge is 2.15. The summed E-state index contributed by atoms with van der Waals surface area (Å²) >= 11 is 0. The minimum atomic E-state index is -0.821. The molecule has 1 aliphatic heterocycles. The molecule has 0 bridgehead atoms. The summed E-state index contributed by atoms with van der Waals surface area (Å²) in [6.45, 7) is 1.36. The molecule has 1 fully saturated rings. The zero-order valence-corrected chi connectivity index (χ0v) is 12.2. The predicted octanol–water partition coefficient (Wildman–Crippen LogP) is 4.33. The van der Waals surface area contributed by atoms with Crippen LogP contribution in [0, 0.1) is 11.6 Å². The van der Waals surface area contributed by atoms with Gasteiger partial charge in [0.2, 0.25) is 0 Å². The first-order chi connectivity index (χ1) is 10.7. The largest absolute Gasteiger partial charge is 0.350 e. The molecule has 2 nitrogen and oxygen atoms in total. The zero-order valence-electron chi connectivity index (χ0n) is 12.2. The Morgan fingerprint density at radius 1 is 0.955 bits per heavy atom. The van der Waals surface area contributed by atoms with E-state index in [9.17, 15) is 8.78 Å². The molecule has 1 heterocycles. The maximum Gasteiger partial charge on any atom is 0.166 e. The third-order valence-corrected chi connectivity index (χ3v) is 3.81. The number of halogens is 2. The van der Waals surface area contributed by atoms with E-state index in [-0.39, 0.29) is 6.29 Å². The van der Waals surface area contributed by atoms with Crippen LogP contribution in [0.1, 0.15) is 18.4 Å². The van der Waals surface area contributed by atoms with E-state index < -0.39 is 11.6 Å². The van der Waals surface area contributed by atoms with Crippen LogP contribution in [0.4, 0.5) is 8.78 Å². The van der Waals surface area contributed by atoms with Gasteiger partial charge in [0.25, 0.3) is 0 Å². The van der Waals surface area contributed by atoms with E-state index in [0.29, 0.717) is 24.3 Å². The van der Waals surface area contributed by atoms with Gasteiger partial charge in [-0.05, 0) is 36.5 Å². The molecule has 116 valence electrons. The number of hydrogen-bond acceptors (Lipinski definition) is 2. The average Bonchev–Trinajstić information content (AvgIpc) is 3.04. The molecule has 1 saturated heterocycles. The maximum atomic E-state index is 13.8. The van der Waals surface area contributed by atoms with Crippen molar-refractivity contribution in [1.29, 1.82) is 0 Å². The monoisotopic (exact) mass is 304 g/mol. The van der Waals surface area contributed by atoms with E-state index in [1.54, 1.807) is 6.07 Å². The Hall–Kier alpha value is -1.78. The molecule has 0 aromatic heterocycles. The number of benzene rings is 2. The molecular weight excluding hydrogens is 286 g/mol. The molecule has 0 unspecified atom stereocenters. The van der Waals surface area contributed by atoms with Crippen molar-refractivity contribution in [1.82, 2.24) is 0 Å². The van der Waals surface area contributed by atoms with Gasteiger partial charge in [-0.2, -0.15) is 0 Å². The third-order valence-electron chi connectivity index (χ3n) is 3.81. The summed E-state index contributed by atoms with van der Waals surface area (Å²) in [5, 5.41) is 0. The van der Waals surface area contributed by atoms with Crippen LogP contribution in [-0.2, 0) is 15.9 Å². The molecule has 3 rings (SSSR count). The van der Waals surface area contributed by atoms with Crippen LogP contribution >= 0.6 is 0 Å². The summed E-state index contributed by atoms with van der Waals surface area (Å²) in [7, 11) is 0. The van der Waals surface area contributed by atoms with Gasteiger partial charge in [0.1, 0.15) is 0 Å². The number of hydrogen-bond donors (Lipinski definition) is 0. The molecular formula is C18H18F2O2. The van der Waals surface area contributed by atoms with Crippen molar-refractivity contribution in [3.05, 3.63) is 59.7 Å². The van der Waals surface area contributed by atoms with Gasteiger partial charge in [-0.1, -0.05) is 36.4 Å². The van der Waals surface area contributed by atoms with Crippen molar-refractivity contribution in [2.45, 2.75) is 25.6 Å². The molecule has 0 saturated carbocycles. The van der Waals surface area contributed by atoms with Crippen LogP contribution in [0.3, 0.4) is 0 Å². The maximum absolute atomic E-state index is 13.8. The Bertz CT molecular complexity index is 619. The molecule has 4 heteroatoms. The van der Waals surface area contributed by atoms with Gasteiger partial charge in [-0.3, -0.25) is 0 Å². The first kappa shape index (κ1) is 15.1. The van der Waals surface area contributed by atoms with Crippen LogP contribution < -0.4 is 0 Å². The van der Waals surface area contributed by atoms with Gasteiger partial charge >= 0.3 is 0 Å². The summed E-state index contributed by atoms with van der Waals surface area (Å²) in [6, 6.07) is 11.8. The van der Waals surface area contributed by atoms with Crippen molar-refractivity contribution in [2.24, 2.45) is 0 Å². The average molecular weight is 304 g/mol. The Labute approximate surface area is 128 Å². The summed E-state index contributed by atoms with van der Waals surface area (Å²) in [5.41, 5.74) is 2.14. The SMILES string of the molecule is Fc1cccc(-c2ccc(CCCC3OCCO3)cc2)c1F. The smallest absolute Gasteiger partial charge is 0.166 e. The van der Waals surface area contributed by atoms with Crippen LogP contribution in [0.15, 0.2) is 42.5 Å². The Balaban J connectivity index is 1.61. The standard InChI is InChI=1S/C18H18F2O2/c19-16-5-2-4-15(18(16)20)14-9-7-13(8-10-14)3-1-6-17-21-11-12-22-17/h2,4-5,7-10,17H,1,3,6,11-12H2. The van der Waals surface area contributed by atoms with Crippen molar-refractivity contribution in [3.63, 3.8) is 0 Å². The molecule has 1 aliphatic rings. The molecule has 0 radical (unpaired) electrons. The minimum absolute atomic E-state index is 0.0688. The fourth-order valence-corrected chi connectivity index (χ4v) is 2.62. The van der Waals surface area contributed by atoms with Gasteiger partial charge in [0.05, 0.1) is 13.2 Å². The first-order valence-corrected chi connectivity index (χ1v) is 7.50. The second-order valence-electron chi connectivity index (χ2n) is 5.36. The van der Waals surface area contributed by atoms with E-state index in [1.165, 1.54) is 11.6 Å². The lowest BCUT2D eigenvalue weighted by Gasteiger charge is -2.09. The predicted molar refractivity (Wildman–Crippen MR) is 80.4 cm³/mol. The lowest BCUT2D eigenvalue weighted by atomic mass is 10.0. The van der Waals surface area contributed by atoms with E-state index in [0.717, 1.165) is 25.3 Å². The molecule has 2 aromatic rings. The van der Waals surface area contributed by atoms with Gasteiger partial charge in [0, 0.05) is 5.56 Å². The van der Waals surface area contributed by atoms with E-state index in [2.05, 4.69) is 0 Å². The fourth-order valence-electron chi connectivity index (χ4n) is 2.62. The van der Waals surface area contributed by atoms with Crippen LogP contribution in [0.25, 0.3) is 11.1 Å². The zero-order chi connectivity index (χ0) is 15.4. The number of aryl methyl sites for hydroxylation is 1.